The van der Waals surface area contributed by atoms with Crippen molar-refractivity contribution in [2.75, 3.05) is 13.2 Å². The minimum absolute atomic E-state index is 0.0208. The Hall–Kier alpha value is -3.39. The monoisotopic (exact) mass is 327 g/mol. The van der Waals surface area contributed by atoms with E-state index in [1.165, 1.54) is 19.1 Å². The number of fused-ring (bicyclic) bond motifs is 1. The van der Waals surface area contributed by atoms with Crippen molar-refractivity contribution in [3.8, 4) is 12.1 Å². The van der Waals surface area contributed by atoms with Gasteiger partial charge in [0.1, 0.15) is 6.54 Å². The molecule has 122 valence electrons. The van der Waals surface area contributed by atoms with Crippen LogP contribution in [0.2, 0.25) is 0 Å². The summed E-state index contributed by atoms with van der Waals surface area (Å²) in [6.07, 6.45) is 0. The molecule has 0 aromatic heterocycles. The van der Waals surface area contributed by atoms with E-state index in [1.54, 1.807) is 18.2 Å². The molecule has 0 radical (unpaired) electrons. The van der Waals surface area contributed by atoms with Gasteiger partial charge in [0.2, 0.25) is 0 Å². The summed E-state index contributed by atoms with van der Waals surface area (Å²) < 4.78 is 4.84. The van der Waals surface area contributed by atoms with Crippen molar-refractivity contribution in [1.82, 2.24) is 4.90 Å². The van der Waals surface area contributed by atoms with Crippen molar-refractivity contribution >= 4 is 17.8 Å². The number of ether oxygens (including phenoxy) is 1. The molecule has 0 aliphatic carbocycles. The average molecular weight is 327 g/mol. The highest BCUT2D eigenvalue weighted by Gasteiger charge is 2.59. The molecule has 8 heteroatoms. The largest absolute Gasteiger partial charge is 0.480 e. The van der Waals surface area contributed by atoms with Gasteiger partial charge in [-0.1, -0.05) is 18.2 Å². The molecule has 1 heterocycles. The first-order valence-corrected chi connectivity index (χ1v) is 7.04. The van der Waals surface area contributed by atoms with Gasteiger partial charge in [-0.15, -0.1) is 0 Å². The SMILES string of the molecule is CCOC(=O)C(C#N)C1(C#N)c2ccccc2C(=O)N1CC(=O)O. The molecule has 0 bridgehead atoms. The van der Waals surface area contributed by atoms with Gasteiger partial charge in [0.25, 0.3) is 5.91 Å². The molecule has 24 heavy (non-hydrogen) atoms. The third-order valence-electron chi connectivity index (χ3n) is 3.77. The number of nitrogens with zero attached hydrogens (tertiary/aromatic N) is 3. The molecule has 8 nitrogen and oxygen atoms in total. The number of amides is 1. The molecule has 2 rings (SSSR count). The number of aliphatic carboxylic acids is 1. The molecule has 1 N–H and O–H groups in total. The first kappa shape index (κ1) is 17.0. The number of nitriles is 2. The molecule has 2 unspecified atom stereocenters. The smallest absolute Gasteiger partial charge is 0.327 e. The lowest BCUT2D eigenvalue weighted by atomic mass is 9.79. The maximum Gasteiger partial charge on any atom is 0.327 e. The van der Waals surface area contributed by atoms with Crippen LogP contribution in [0.15, 0.2) is 24.3 Å². The van der Waals surface area contributed by atoms with E-state index in [9.17, 15) is 24.9 Å². The van der Waals surface area contributed by atoms with E-state index < -0.39 is 35.8 Å². The fourth-order valence-corrected chi connectivity index (χ4v) is 2.82. The summed E-state index contributed by atoms with van der Waals surface area (Å²) in [5, 5.41) is 28.3. The number of benzene rings is 1. The van der Waals surface area contributed by atoms with E-state index in [0.29, 0.717) is 0 Å². The Morgan fingerprint density at radius 2 is 2.04 bits per heavy atom. The number of rotatable bonds is 5. The lowest BCUT2D eigenvalue weighted by molar-refractivity contribution is -0.151. The molecule has 1 aromatic carbocycles. The molecular formula is C16H13N3O5. The lowest BCUT2D eigenvalue weighted by Crippen LogP contribution is -2.52. The predicted molar refractivity (Wildman–Crippen MR) is 78.1 cm³/mol. The van der Waals surface area contributed by atoms with Crippen LogP contribution in [0.3, 0.4) is 0 Å². The molecule has 2 atom stereocenters. The van der Waals surface area contributed by atoms with Gasteiger partial charge in [0.05, 0.1) is 18.7 Å². The topological polar surface area (TPSA) is 131 Å². The highest BCUT2D eigenvalue weighted by molar-refractivity contribution is 6.03. The van der Waals surface area contributed by atoms with Gasteiger partial charge < -0.3 is 14.7 Å². The van der Waals surface area contributed by atoms with Crippen molar-refractivity contribution in [3.63, 3.8) is 0 Å². The van der Waals surface area contributed by atoms with Crippen LogP contribution in [-0.2, 0) is 19.9 Å². The average Bonchev–Trinajstić information content (AvgIpc) is 2.79. The molecule has 0 spiro atoms. The molecule has 0 saturated carbocycles. The number of esters is 1. The Kier molecular flexibility index (Phi) is 4.52. The van der Waals surface area contributed by atoms with Crippen LogP contribution in [0, 0.1) is 28.6 Å². The summed E-state index contributed by atoms with van der Waals surface area (Å²) in [5.41, 5.74) is -1.84. The second-order valence-electron chi connectivity index (χ2n) is 5.02. The fraction of sp³-hybridized carbons (Fsp3) is 0.312. The number of carbonyl (C=O) groups excluding carboxylic acids is 2. The summed E-state index contributed by atoms with van der Waals surface area (Å²) in [6, 6.07) is 9.48. The molecule has 0 saturated heterocycles. The van der Waals surface area contributed by atoms with E-state index in [0.717, 1.165) is 4.90 Å². The van der Waals surface area contributed by atoms with Crippen LogP contribution < -0.4 is 0 Å². The maximum atomic E-state index is 12.6. The zero-order valence-corrected chi connectivity index (χ0v) is 12.7. The zero-order chi connectivity index (χ0) is 17.9. The van der Waals surface area contributed by atoms with Crippen LogP contribution >= 0.6 is 0 Å². The van der Waals surface area contributed by atoms with E-state index in [-0.39, 0.29) is 17.7 Å². The summed E-state index contributed by atoms with van der Waals surface area (Å²) in [7, 11) is 0. The van der Waals surface area contributed by atoms with Crippen LogP contribution in [0.25, 0.3) is 0 Å². The van der Waals surface area contributed by atoms with Crippen LogP contribution in [0.5, 0.6) is 0 Å². The standard InChI is InChI=1S/C16H13N3O5/c1-2-24-15(23)12(7-17)16(9-18)11-6-4-3-5-10(11)14(22)19(16)8-13(20)21/h3-6,12H,2,8H2,1H3,(H,20,21). The van der Waals surface area contributed by atoms with Gasteiger partial charge in [-0.3, -0.25) is 14.4 Å². The summed E-state index contributed by atoms with van der Waals surface area (Å²) in [4.78, 5) is 36.7. The molecule has 1 amide bonds. The second kappa shape index (κ2) is 6.39. The van der Waals surface area contributed by atoms with Gasteiger partial charge in [-0.05, 0) is 13.0 Å². The number of carbonyl (C=O) groups is 3. The van der Waals surface area contributed by atoms with Gasteiger partial charge >= 0.3 is 11.9 Å². The number of hydrogen-bond donors (Lipinski definition) is 1. The number of carboxylic acid groups (broad SMARTS) is 1. The number of hydrogen-bond acceptors (Lipinski definition) is 6. The summed E-state index contributed by atoms with van der Waals surface area (Å²) >= 11 is 0. The van der Waals surface area contributed by atoms with E-state index in [1.807, 2.05) is 6.07 Å². The van der Waals surface area contributed by atoms with E-state index >= 15 is 0 Å². The van der Waals surface area contributed by atoms with Crippen molar-refractivity contribution < 1.29 is 24.2 Å². The van der Waals surface area contributed by atoms with Gasteiger partial charge in [0.15, 0.2) is 11.5 Å². The van der Waals surface area contributed by atoms with Gasteiger partial charge in [0, 0.05) is 11.1 Å². The maximum absolute atomic E-state index is 12.6. The highest BCUT2D eigenvalue weighted by Crippen LogP contribution is 2.44. The minimum Gasteiger partial charge on any atom is -0.480 e. The third-order valence-corrected chi connectivity index (χ3v) is 3.77. The molecule has 1 aromatic rings. The Bertz CT molecular complexity index is 792. The lowest BCUT2D eigenvalue weighted by Gasteiger charge is -2.34. The number of carboxylic acids is 1. The molecule has 1 aliphatic heterocycles. The Morgan fingerprint density at radius 1 is 1.38 bits per heavy atom. The Balaban J connectivity index is 2.72. The fourth-order valence-electron chi connectivity index (χ4n) is 2.82. The van der Waals surface area contributed by atoms with Crippen LogP contribution in [0.4, 0.5) is 0 Å². The molecule has 1 aliphatic rings. The molecule has 0 fully saturated rings. The minimum atomic E-state index is -2.05. The Morgan fingerprint density at radius 3 is 2.58 bits per heavy atom. The normalized spacial score (nSPS) is 19.8. The summed E-state index contributed by atoms with van der Waals surface area (Å²) in [5.74, 6) is -4.74. The van der Waals surface area contributed by atoms with Crippen LogP contribution in [-0.4, -0.2) is 41.0 Å². The van der Waals surface area contributed by atoms with E-state index in [2.05, 4.69) is 0 Å². The van der Waals surface area contributed by atoms with Crippen molar-refractivity contribution in [2.45, 2.75) is 12.5 Å². The Labute approximate surface area is 137 Å². The molecular weight excluding hydrogens is 314 g/mol. The first-order chi connectivity index (χ1) is 11.4. The highest BCUT2D eigenvalue weighted by atomic mass is 16.5. The van der Waals surface area contributed by atoms with Gasteiger partial charge in [-0.2, -0.15) is 10.5 Å². The third kappa shape index (κ3) is 2.34. The predicted octanol–water partition coefficient (Wildman–Crippen LogP) is 0.649. The van der Waals surface area contributed by atoms with Crippen molar-refractivity contribution in [2.24, 2.45) is 5.92 Å². The van der Waals surface area contributed by atoms with Crippen molar-refractivity contribution in [1.29, 1.82) is 10.5 Å². The summed E-state index contributed by atoms with van der Waals surface area (Å²) in [6.45, 7) is 0.694. The quantitative estimate of drug-likeness (QED) is 0.785. The van der Waals surface area contributed by atoms with Gasteiger partial charge in [-0.25, -0.2) is 0 Å². The van der Waals surface area contributed by atoms with Crippen LogP contribution in [0.1, 0.15) is 22.8 Å². The van der Waals surface area contributed by atoms with E-state index in [4.69, 9.17) is 9.84 Å². The first-order valence-electron chi connectivity index (χ1n) is 7.04. The zero-order valence-electron chi connectivity index (χ0n) is 12.7. The van der Waals surface area contributed by atoms with Crippen molar-refractivity contribution in [3.05, 3.63) is 35.4 Å². The second-order valence-corrected chi connectivity index (χ2v) is 5.02.